The summed E-state index contributed by atoms with van der Waals surface area (Å²) in [6.45, 7) is 0. The van der Waals surface area contributed by atoms with Crippen molar-refractivity contribution in [3.05, 3.63) is 54.8 Å². The highest BCUT2D eigenvalue weighted by molar-refractivity contribution is 7.85. The van der Waals surface area contributed by atoms with E-state index in [9.17, 15) is 18.5 Å². The molecule has 0 amide bonds. The smallest absolute Gasteiger partial charge is 0.268 e. The van der Waals surface area contributed by atoms with Gasteiger partial charge in [-0.15, -0.1) is 11.3 Å². The van der Waals surface area contributed by atoms with Crippen molar-refractivity contribution < 1.29 is 17.6 Å². The molecule has 3 rings (SSSR count). The maximum absolute atomic E-state index is 11.3. The third kappa shape index (κ3) is 4.09. The Kier molecular flexibility index (Phi) is 4.64. The minimum absolute atomic E-state index is 0.0766. The lowest BCUT2D eigenvalue weighted by atomic mass is 10.1. The molecule has 0 N–H and O–H groups in total. The average molecular weight is 379 g/mol. The number of non-ortho nitro benzene ring substituents is 1. The van der Waals surface area contributed by atoms with E-state index in [0.717, 1.165) is 29.0 Å². The van der Waals surface area contributed by atoms with Gasteiger partial charge in [-0.2, -0.15) is 8.42 Å². The van der Waals surface area contributed by atoms with E-state index in [1.165, 1.54) is 35.6 Å². The van der Waals surface area contributed by atoms with Gasteiger partial charge in [-0.3, -0.25) is 14.4 Å². The third-order valence-corrected chi connectivity index (χ3v) is 4.75. The van der Waals surface area contributed by atoms with E-state index in [0.29, 0.717) is 10.6 Å². The van der Waals surface area contributed by atoms with Crippen LogP contribution in [0.4, 0.5) is 5.69 Å². The zero-order valence-electron chi connectivity index (χ0n) is 13.1. The molecule has 25 heavy (non-hydrogen) atoms. The normalized spacial score (nSPS) is 14.2. The van der Waals surface area contributed by atoms with Crippen molar-refractivity contribution in [3.63, 3.8) is 0 Å². The number of thiazole rings is 1. The number of aromatic nitrogens is 1. The first kappa shape index (κ1) is 17.2. The second kappa shape index (κ2) is 6.73. The van der Waals surface area contributed by atoms with Gasteiger partial charge in [-0.1, -0.05) is 17.3 Å². The van der Waals surface area contributed by atoms with Gasteiger partial charge in [0.15, 0.2) is 0 Å². The molecule has 1 aliphatic rings. The predicted molar refractivity (Wildman–Crippen MR) is 94.2 cm³/mol. The fourth-order valence-electron chi connectivity index (χ4n) is 2.23. The Hall–Kier alpha value is -2.59. The van der Waals surface area contributed by atoms with E-state index < -0.39 is 15.0 Å². The number of benzene rings is 1. The van der Waals surface area contributed by atoms with Crippen LogP contribution in [-0.2, 0) is 14.4 Å². The second-order valence-corrected chi connectivity index (χ2v) is 7.86. The summed E-state index contributed by atoms with van der Waals surface area (Å²) in [5.74, 6) is 0. The zero-order valence-corrected chi connectivity index (χ0v) is 14.7. The number of nitro benzene ring substituents is 1. The lowest BCUT2D eigenvalue weighted by molar-refractivity contribution is -0.384. The highest BCUT2D eigenvalue weighted by Crippen LogP contribution is 2.17. The van der Waals surface area contributed by atoms with Gasteiger partial charge >= 0.3 is 10.1 Å². The molecule has 0 fully saturated rings. The summed E-state index contributed by atoms with van der Waals surface area (Å²) in [6, 6.07) is 5.60. The molecule has 1 heterocycles. The van der Waals surface area contributed by atoms with Crippen LogP contribution in [0.5, 0.6) is 0 Å². The van der Waals surface area contributed by atoms with Crippen LogP contribution in [0, 0.1) is 10.1 Å². The summed E-state index contributed by atoms with van der Waals surface area (Å²) in [4.78, 5) is 14.8. The SMILES string of the molecule is CS(=O)(=O)O/N=C(\c1ccc([N+](=O)[O-])cc1)c1nc2c(s1)=CCCC=2. The van der Waals surface area contributed by atoms with Gasteiger partial charge in [0.1, 0.15) is 10.7 Å². The maximum atomic E-state index is 11.3. The van der Waals surface area contributed by atoms with E-state index in [1.807, 2.05) is 6.08 Å². The second-order valence-electron chi connectivity index (χ2n) is 5.28. The summed E-state index contributed by atoms with van der Waals surface area (Å²) in [6.07, 6.45) is 6.75. The molecule has 0 atom stereocenters. The molecule has 130 valence electrons. The lowest BCUT2D eigenvalue weighted by Gasteiger charge is -2.03. The van der Waals surface area contributed by atoms with Gasteiger partial charge in [-0.25, -0.2) is 4.98 Å². The van der Waals surface area contributed by atoms with Crippen molar-refractivity contribution in [1.82, 2.24) is 4.98 Å². The standard InChI is InChI=1S/C15H13N3O5S2/c1-25(21,22)23-17-14(10-6-8-11(9-7-10)18(19)20)15-16-12-4-2-3-5-13(12)24-15/h4-9H,2-3H2,1H3/b17-14+. The first-order valence-electron chi connectivity index (χ1n) is 7.22. The number of nitrogens with zero attached hydrogens (tertiary/aromatic N) is 3. The minimum atomic E-state index is -3.79. The number of hydrogen-bond acceptors (Lipinski definition) is 8. The van der Waals surface area contributed by atoms with Crippen LogP contribution in [-0.4, -0.2) is 30.3 Å². The molecule has 2 aromatic rings. The molecule has 0 unspecified atom stereocenters. The maximum Gasteiger partial charge on any atom is 0.325 e. The van der Waals surface area contributed by atoms with Crippen molar-refractivity contribution in [1.29, 1.82) is 0 Å². The van der Waals surface area contributed by atoms with E-state index in [2.05, 4.69) is 20.5 Å². The number of hydrogen-bond donors (Lipinski definition) is 0. The van der Waals surface area contributed by atoms with Gasteiger partial charge in [-0.05, 0) is 25.0 Å². The first-order valence-corrected chi connectivity index (χ1v) is 9.86. The highest BCUT2D eigenvalue weighted by atomic mass is 32.2. The Morgan fingerprint density at radius 3 is 2.56 bits per heavy atom. The summed E-state index contributed by atoms with van der Waals surface area (Å²) in [5, 5.41) is 15.8. The van der Waals surface area contributed by atoms with Crippen molar-refractivity contribution in [3.8, 4) is 0 Å². The largest absolute Gasteiger partial charge is 0.325 e. The topological polar surface area (TPSA) is 112 Å². The zero-order chi connectivity index (χ0) is 18.0. The van der Waals surface area contributed by atoms with Crippen LogP contribution in [0.3, 0.4) is 0 Å². The molecule has 1 aliphatic carbocycles. The van der Waals surface area contributed by atoms with Crippen LogP contribution in [0.25, 0.3) is 12.2 Å². The molecule has 0 bridgehead atoms. The molecule has 10 heteroatoms. The van der Waals surface area contributed by atoms with E-state index in [4.69, 9.17) is 0 Å². The van der Waals surface area contributed by atoms with Gasteiger partial charge < -0.3 is 0 Å². The predicted octanol–water partition coefficient (Wildman–Crippen LogP) is 1.13. The molecule has 0 saturated heterocycles. The van der Waals surface area contributed by atoms with E-state index in [1.54, 1.807) is 0 Å². The van der Waals surface area contributed by atoms with Crippen molar-refractivity contribution >= 4 is 45.0 Å². The van der Waals surface area contributed by atoms with E-state index >= 15 is 0 Å². The molecule has 1 aromatic carbocycles. The number of oxime groups is 1. The summed E-state index contributed by atoms with van der Waals surface area (Å²) < 4.78 is 28.1. The van der Waals surface area contributed by atoms with Crippen LogP contribution >= 0.6 is 11.3 Å². The van der Waals surface area contributed by atoms with Crippen LogP contribution < -0.4 is 9.88 Å². The third-order valence-electron chi connectivity index (χ3n) is 3.33. The minimum Gasteiger partial charge on any atom is -0.268 e. The van der Waals surface area contributed by atoms with Gasteiger partial charge in [0.25, 0.3) is 5.69 Å². The lowest BCUT2D eigenvalue weighted by Crippen LogP contribution is -2.23. The number of fused-ring (bicyclic) bond motifs is 1. The molecule has 0 radical (unpaired) electrons. The quantitative estimate of drug-likeness (QED) is 0.437. The monoisotopic (exact) mass is 379 g/mol. The van der Waals surface area contributed by atoms with Gasteiger partial charge in [0.2, 0.25) is 0 Å². The molecular weight excluding hydrogens is 366 g/mol. The molecule has 0 spiro atoms. The van der Waals surface area contributed by atoms with Crippen LogP contribution in [0.2, 0.25) is 0 Å². The van der Waals surface area contributed by atoms with Crippen molar-refractivity contribution in [2.45, 2.75) is 12.8 Å². The number of nitro groups is 1. The molecule has 8 nitrogen and oxygen atoms in total. The molecule has 1 aromatic heterocycles. The average Bonchev–Trinajstić information content (AvgIpc) is 2.98. The van der Waals surface area contributed by atoms with Gasteiger partial charge in [0, 0.05) is 17.7 Å². The van der Waals surface area contributed by atoms with Crippen LogP contribution in [0.15, 0.2) is 29.4 Å². The molecule has 0 aliphatic heterocycles. The van der Waals surface area contributed by atoms with Crippen LogP contribution in [0.1, 0.15) is 23.4 Å². The fraction of sp³-hybridized carbons (Fsp3) is 0.200. The number of rotatable bonds is 5. The Morgan fingerprint density at radius 1 is 1.28 bits per heavy atom. The molecular formula is C15H13N3O5S2. The Bertz CT molecular complexity index is 1040. The van der Waals surface area contributed by atoms with E-state index in [-0.39, 0.29) is 11.4 Å². The Morgan fingerprint density at radius 2 is 1.96 bits per heavy atom. The van der Waals surface area contributed by atoms with Crippen molar-refractivity contribution in [2.75, 3.05) is 6.26 Å². The first-order chi connectivity index (χ1) is 11.8. The van der Waals surface area contributed by atoms with Crippen molar-refractivity contribution in [2.24, 2.45) is 5.16 Å². The van der Waals surface area contributed by atoms with Gasteiger partial charge in [0.05, 0.1) is 21.1 Å². The Labute approximate surface area is 147 Å². The molecule has 0 saturated carbocycles. The summed E-state index contributed by atoms with van der Waals surface area (Å²) in [5.41, 5.74) is 0.606. The highest BCUT2D eigenvalue weighted by Gasteiger charge is 2.16. The Balaban J connectivity index is 2.10. The fourth-order valence-corrected chi connectivity index (χ4v) is 3.48. The summed E-state index contributed by atoms with van der Waals surface area (Å²) >= 11 is 1.36. The summed E-state index contributed by atoms with van der Waals surface area (Å²) in [7, 11) is -3.79.